The molecule has 0 aromatic heterocycles. The van der Waals surface area contributed by atoms with Crippen LogP contribution in [-0.4, -0.2) is 30.4 Å². The summed E-state index contributed by atoms with van der Waals surface area (Å²) in [6, 6.07) is 14.8. The molecule has 3 nitrogen and oxygen atoms in total. The third-order valence-corrected chi connectivity index (χ3v) is 5.23. The zero-order valence-electron chi connectivity index (χ0n) is 14.5. The van der Waals surface area contributed by atoms with Crippen molar-refractivity contribution in [3.8, 4) is 0 Å². The maximum Gasteiger partial charge on any atom is 0.227 e. The number of piperidine rings is 1. The molecule has 0 spiro atoms. The monoisotopic (exact) mass is 416 g/mol. The first kappa shape index (κ1) is 18.8. The van der Waals surface area contributed by atoms with Gasteiger partial charge in [-0.3, -0.25) is 9.69 Å². The first-order chi connectivity index (χ1) is 12.6. The van der Waals surface area contributed by atoms with Crippen LogP contribution in [0.4, 0.5) is 10.1 Å². The second-order valence-electron chi connectivity index (χ2n) is 6.51. The maximum absolute atomic E-state index is 13.3. The number of nitrogens with zero attached hydrogens (tertiary/aromatic N) is 1. The van der Waals surface area contributed by atoms with E-state index in [9.17, 15) is 9.18 Å². The van der Waals surface area contributed by atoms with Crippen molar-refractivity contribution in [1.29, 1.82) is 0 Å². The summed E-state index contributed by atoms with van der Waals surface area (Å²) in [5.74, 6) is -0.309. The number of carbonyl (C=O) groups is 1. The molecule has 0 saturated carbocycles. The minimum Gasteiger partial charge on any atom is -0.326 e. The highest BCUT2D eigenvalue weighted by Crippen LogP contribution is 2.23. The highest BCUT2D eigenvalue weighted by molar-refractivity contribution is 9.10. The molecule has 1 fully saturated rings. The Morgan fingerprint density at radius 3 is 2.62 bits per heavy atom. The van der Waals surface area contributed by atoms with Crippen LogP contribution in [0.15, 0.2) is 59.1 Å². The predicted octanol–water partition coefficient (Wildman–Crippen LogP) is 4.95. The van der Waals surface area contributed by atoms with Gasteiger partial charge in [-0.2, -0.15) is 0 Å². The topological polar surface area (TPSA) is 32.3 Å². The van der Waals surface area contributed by atoms with Gasteiger partial charge < -0.3 is 5.32 Å². The zero-order valence-corrected chi connectivity index (χ0v) is 16.1. The van der Waals surface area contributed by atoms with Gasteiger partial charge in [-0.1, -0.05) is 42.5 Å². The molecule has 1 amide bonds. The Bertz CT molecular complexity index is 771. The Morgan fingerprint density at radius 1 is 1.19 bits per heavy atom. The summed E-state index contributed by atoms with van der Waals surface area (Å²) in [5.41, 5.74) is 1.82. The lowest BCUT2D eigenvalue weighted by molar-refractivity contribution is -0.121. The standard InChI is InChI=1S/C21H22BrFN2O/c22-19-15-18(8-9-20(19)23)24-21(26)17-10-13-25(14-11-17)12-4-7-16-5-2-1-3-6-16/h1-9,15,17H,10-14H2,(H,24,26)/b7-4+. The Labute approximate surface area is 162 Å². The van der Waals surface area contributed by atoms with E-state index in [0.29, 0.717) is 10.2 Å². The summed E-state index contributed by atoms with van der Waals surface area (Å²) in [7, 11) is 0. The quantitative estimate of drug-likeness (QED) is 0.747. The van der Waals surface area contributed by atoms with Crippen LogP contribution in [0, 0.1) is 11.7 Å². The summed E-state index contributed by atoms with van der Waals surface area (Å²) in [6.07, 6.45) is 5.98. The number of anilines is 1. The van der Waals surface area contributed by atoms with Gasteiger partial charge in [-0.15, -0.1) is 0 Å². The first-order valence-corrected chi connectivity index (χ1v) is 9.61. The minimum atomic E-state index is -0.333. The Balaban J connectivity index is 1.44. The first-order valence-electron chi connectivity index (χ1n) is 8.81. The zero-order chi connectivity index (χ0) is 18.4. The van der Waals surface area contributed by atoms with Gasteiger partial charge in [0.25, 0.3) is 0 Å². The molecule has 0 unspecified atom stereocenters. The molecule has 26 heavy (non-hydrogen) atoms. The van der Waals surface area contributed by atoms with Crippen molar-refractivity contribution in [3.63, 3.8) is 0 Å². The summed E-state index contributed by atoms with van der Waals surface area (Å²) in [6.45, 7) is 2.71. The second kappa shape index (κ2) is 9.10. The average molecular weight is 417 g/mol. The van der Waals surface area contributed by atoms with Crippen molar-refractivity contribution in [2.45, 2.75) is 12.8 Å². The fourth-order valence-electron chi connectivity index (χ4n) is 3.10. The lowest BCUT2D eigenvalue weighted by Crippen LogP contribution is -2.38. The Hall–Kier alpha value is -1.98. The predicted molar refractivity (Wildman–Crippen MR) is 107 cm³/mol. The van der Waals surface area contributed by atoms with E-state index in [4.69, 9.17) is 0 Å². The van der Waals surface area contributed by atoms with E-state index in [1.165, 1.54) is 11.6 Å². The summed E-state index contributed by atoms with van der Waals surface area (Å²) in [4.78, 5) is 14.8. The molecule has 1 N–H and O–H groups in total. The molecular formula is C21H22BrFN2O. The SMILES string of the molecule is O=C(Nc1ccc(F)c(Br)c1)C1CCN(C/C=C/c2ccccc2)CC1. The van der Waals surface area contributed by atoms with Gasteiger partial charge in [-0.05, 0) is 65.6 Å². The minimum absolute atomic E-state index is 0.00758. The van der Waals surface area contributed by atoms with E-state index in [2.05, 4.69) is 50.4 Å². The van der Waals surface area contributed by atoms with E-state index in [1.54, 1.807) is 12.1 Å². The van der Waals surface area contributed by atoms with Gasteiger partial charge in [0.2, 0.25) is 5.91 Å². The highest BCUT2D eigenvalue weighted by atomic mass is 79.9. The number of benzene rings is 2. The van der Waals surface area contributed by atoms with Gasteiger partial charge in [0.15, 0.2) is 0 Å². The number of hydrogen-bond acceptors (Lipinski definition) is 2. The molecule has 0 bridgehead atoms. The van der Waals surface area contributed by atoms with Crippen LogP contribution < -0.4 is 5.32 Å². The van der Waals surface area contributed by atoms with Gasteiger partial charge in [0.1, 0.15) is 5.82 Å². The molecule has 2 aromatic rings. The molecule has 136 valence electrons. The molecule has 1 saturated heterocycles. The van der Waals surface area contributed by atoms with Gasteiger partial charge in [0, 0.05) is 18.2 Å². The van der Waals surface area contributed by atoms with E-state index >= 15 is 0 Å². The van der Waals surface area contributed by atoms with E-state index < -0.39 is 0 Å². The van der Waals surface area contributed by atoms with Crippen molar-refractivity contribution >= 4 is 33.6 Å². The van der Waals surface area contributed by atoms with E-state index in [1.807, 2.05) is 18.2 Å². The van der Waals surface area contributed by atoms with Crippen LogP contribution in [0.3, 0.4) is 0 Å². The third-order valence-electron chi connectivity index (χ3n) is 4.62. The van der Waals surface area contributed by atoms with Gasteiger partial charge >= 0.3 is 0 Å². The van der Waals surface area contributed by atoms with Crippen LogP contribution in [0.25, 0.3) is 6.08 Å². The normalized spacial score (nSPS) is 16.1. The van der Waals surface area contributed by atoms with Crippen LogP contribution in [-0.2, 0) is 4.79 Å². The van der Waals surface area contributed by atoms with Crippen LogP contribution in [0.1, 0.15) is 18.4 Å². The molecule has 5 heteroatoms. The lowest BCUT2D eigenvalue weighted by Gasteiger charge is -2.30. The van der Waals surface area contributed by atoms with Crippen LogP contribution >= 0.6 is 15.9 Å². The molecular weight excluding hydrogens is 395 g/mol. The Morgan fingerprint density at radius 2 is 1.92 bits per heavy atom. The lowest BCUT2D eigenvalue weighted by atomic mass is 9.96. The van der Waals surface area contributed by atoms with Crippen molar-refractivity contribution < 1.29 is 9.18 Å². The van der Waals surface area contributed by atoms with Gasteiger partial charge in [-0.25, -0.2) is 4.39 Å². The highest BCUT2D eigenvalue weighted by Gasteiger charge is 2.24. The van der Waals surface area contributed by atoms with Crippen molar-refractivity contribution in [1.82, 2.24) is 4.90 Å². The number of likely N-dealkylation sites (tertiary alicyclic amines) is 1. The van der Waals surface area contributed by atoms with E-state index in [0.717, 1.165) is 32.5 Å². The Kier molecular flexibility index (Phi) is 6.58. The van der Waals surface area contributed by atoms with Crippen LogP contribution in [0.5, 0.6) is 0 Å². The van der Waals surface area contributed by atoms with Gasteiger partial charge in [0.05, 0.1) is 4.47 Å². The smallest absolute Gasteiger partial charge is 0.227 e. The second-order valence-corrected chi connectivity index (χ2v) is 7.36. The maximum atomic E-state index is 13.3. The third kappa shape index (κ3) is 5.26. The molecule has 3 rings (SSSR count). The number of hydrogen-bond donors (Lipinski definition) is 1. The molecule has 2 aromatic carbocycles. The van der Waals surface area contributed by atoms with Crippen molar-refractivity contribution in [2.75, 3.05) is 25.0 Å². The molecule has 0 radical (unpaired) electrons. The number of carbonyl (C=O) groups excluding carboxylic acids is 1. The fraction of sp³-hybridized carbons (Fsp3) is 0.286. The summed E-state index contributed by atoms with van der Waals surface area (Å²) >= 11 is 3.14. The van der Waals surface area contributed by atoms with Crippen molar-refractivity contribution in [3.05, 3.63) is 70.5 Å². The number of nitrogens with one attached hydrogen (secondary N) is 1. The molecule has 0 atom stereocenters. The summed E-state index contributed by atoms with van der Waals surface area (Å²) in [5, 5.41) is 2.89. The van der Waals surface area contributed by atoms with Crippen LogP contribution in [0.2, 0.25) is 0 Å². The van der Waals surface area contributed by atoms with Crippen molar-refractivity contribution in [2.24, 2.45) is 5.92 Å². The number of rotatable bonds is 5. The fourth-order valence-corrected chi connectivity index (χ4v) is 3.48. The molecule has 1 aliphatic rings. The molecule has 1 aliphatic heterocycles. The van der Waals surface area contributed by atoms with E-state index in [-0.39, 0.29) is 17.6 Å². The largest absolute Gasteiger partial charge is 0.326 e. The molecule has 1 heterocycles. The average Bonchev–Trinajstić information content (AvgIpc) is 2.66. The molecule has 0 aliphatic carbocycles. The number of halogens is 2. The summed E-state index contributed by atoms with van der Waals surface area (Å²) < 4.78 is 13.6. The number of amides is 1.